The molecule has 0 spiro atoms. The Bertz CT molecular complexity index is 617. The molecule has 0 saturated heterocycles. The first-order chi connectivity index (χ1) is 9.13. The van der Waals surface area contributed by atoms with Crippen molar-refractivity contribution in [2.75, 3.05) is 7.11 Å². The van der Waals surface area contributed by atoms with Gasteiger partial charge in [-0.3, -0.25) is 4.79 Å². The summed E-state index contributed by atoms with van der Waals surface area (Å²) in [6.45, 7) is 1.79. The van der Waals surface area contributed by atoms with Crippen molar-refractivity contribution < 1.29 is 14.3 Å². The number of aromatic nitrogens is 2. The second-order valence-corrected chi connectivity index (χ2v) is 4.11. The summed E-state index contributed by atoms with van der Waals surface area (Å²) in [4.78, 5) is 19.1. The lowest BCUT2D eigenvalue weighted by atomic mass is 10.2. The number of aryl methyl sites for hydroxylation is 1. The second kappa shape index (κ2) is 5.67. The van der Waals surface area contributed by atoms with Crippen molar-refractivity contribution in [2.45, 2.75) is 6.92 Å². The first-order valence-electron chi connectivity index (χ1n) is 5.45. The van der Waals surface area contributed by atoms with Gasteiger partial charge in [0.2, 0.25) is 5.88 Å². The van der Waals surface area contributed by atoms with Gasteiger partial charge < -0.3 is 9.47 Å². The zero-order valence-electron chi connectivity index (χ0n) is 10.4. The van der Waals surface area contributed by atoms with E-state index in [4.69, 9.17) is 21.1 Å². The number of carbonyl (C=O) groups excluding carboxylic acids is 1. The molecule has 5 nitrogen and oxygen atoms in total. The molecular formula is C13H11ClN2O3. The van der Waals surface area contributed by atoms with E-state index in [-0.39, 0.29) is 11.6 Å². The van der Waals surface area contributed by atoms with Crippen LogP contribution in [0.2, 0.25) is 5.02 Å². The molecular weight excluding hydrogens is 268 g/mol. The molecule has 0 unspecified atom stereocenters. The molecule has 1 aromatic heterocycles. The third-order valence-electron chi connectivity index (χ3n) is 2.35. The van der Waals surface area contributed by atoms with Gasteiger partial charge in [0.15, 0.2) is 6.29 Å². The summed E-state index contributed by atoms with van der Waals surface area (Å²) in [7, 11) is 1.50. The number of nitrogens with zero attached hydrogens (tertiary/aromatic N) is 2. The third-order valence-corrected chi connectivity index (χ3v) is 2.68. The Labute approximate surface area is 115 Å². The first-order valence-corrected chi connectivity index (χ1v) is 5.83. The monoisotopic (exact) mass is 278 g/mol. The highest BCUT2D eigenvalue weighted by Gasteiger charge is 2.11. The van der Waals surface area contributed by atoms with Crippen molar-refractivity contribution in [3.8, 4) is 17.6 Å². The molecule has 6 heteroatoms. The van der Waals surface area contributed by atoms with Crippen molar-refractivity contribution in [3.63, 3.8) is 0 Å². The third kappa shape index (κ3) is 3.00. The van der Waals surface area contributed by atoms with Gasteiger partial charge in [0.1, 0.15) is 5.75 Å². The van der Waals surface area contributed by atoms with Crippen LogP contribution in [0.15, 0.2) is 24.3 Å². The Morgan fingerprint density at radius 2 is 2.11 bits per heavy atom. The molecule has 0 N–H and O–H groups in total. The molecule has 0 fully saturated rings. The number of ether oxygens (including phenoxy) is 2. The van der Waals surface area contributed by atoms with Gasteiger partial charge in [-0.05, 0) is 19.1 Å². The van der Waals surface area contributed by atoms with Gasteiger partial charge >= 0.3 is 6.01 Å². The minimum Gasteiger partial charge on any atom is -0.481 e. The molecule has 0 aliphatic carbocycles. The van der Waals surface area contributed by atoms with Crippen molar-refractivity contribution in [1.82, 2.24) is 9.97 Å². The maximum absolute atomic E-state index is 11.0. The standard InChI is InChI=1S/C13H11ClN2O3/c1-8-6-12(18-2)16-13(15-8)19-11-5-3-4-10(14)9(11)7-17/h3-7H,1-2H3. The van der Waals surface area contributed by atoms with Crippen LogP contribution in [0.3, 0.4) is 0 Å². The van der Waals surface area contributed by atoms with Crippen LogP contribution < -0.4 is 9.47 Å². The summed E-state index contributed by atoms with van der Waals surface area (Å²) < 4.78 is 10.5. The molecule has 0 aliphatic heterocycles. The van der Waals surface area contributed by atoms with Gasteiger partial charge in [-0.2, -0.15) is 9.97 Å². The molecule has 0 saturated carbocycles. The molecule has 2 rings (SSSR count). The fraction of sp³-hybridized carbons (Fsp3) is 0.154. The molecule has 19 heavy (non-hydrogen) atoms. The predicted octanol–water partition coefficient (Wildman–Crippen LogP) is 3.05. The Hall–Kier alpha value is -2.14. The summed E-state index contributed by atoms with van der Waals surface area (Å²) in [6.07, 6.45) is 0.630. The lowest BCUT2D eigenvalue weighted by Crippen LogP contribution is -1.99. The summed E-state index contributed by atoms with van der Waals surface area (Å²) in [5, 5.41) is 0.312. The lowest BCUT2D eigenvalue weighted by molar-refractivity contribution is 0.112. The molecule has 1 aromatic carbocycles. The van der Waals surface area contributed by atoms with Gasteiger partial charge in [-0.25, -0.2) is 0 Å². The number of carbonyl (C=O) groups is 1. The molecule has 2 aromatic rings. The smallest absolute Gasteiger partial charge is 0.325 e. The zero-order chi connectivity index (χ0) is 13.8. The Morgan fingerprint density at radius 3 is 2.79 bits per heavy atom. The summed E-state index contributed by atoms with van der Waals surface area (Å²) in [5.41, 5.74) is 0.949. The van der Waals surface area contributed by atoms with Crippen molar-refractivity contribution in [1.29, 1.82) is 0 Å². The van der Waals surface area contributed by atoms with Crippen molar-refractivity contribution in [3.05, 3.63) is 40.5 Å². The van der Waals surface area contributed by atoms with E-state index in [1.165, 1.54) is 7.11 Å². The van der Waals surface area contributed by atoms with Crippen LogP contribution in [-0.2, 0) is 0 Å². The number of hydrogen-bond acceptors (Lipinski definition) is 5. The van der Waals surface area contributed by atoms with E-state index in [0.717, 1.165) is 0 Å². The zero-order valence-corrected chi connectivity index (χ0v) is 11.1. The van der Waals surface area contributed by atoms with Gasteiger partial charge in [0, 0.05) is 11.8 Å². The van der Waals surface area contributed by atoms with E-state index in [1.807, 2.05) is 0 Å². The van der Waals surface area contributed by atoms with E-state index in [1.54, 1.807) is 31.2 Å². The second-order valence-electron chi connectivity index (χ2n) is 3.71. The lowest BCUT2D eigenvalue weighted by Gasteiger charge is -2.08. The van der Waals surface area contributed by atoms with Crippen LogP contribution in [0.1, 0.15) is 16.1 Å². The van der Waals surface area contributed by atoms with Crippen LogP contribution in [0.25, 0.3) is 0 Å². The predicted molar refractivity (Wildman–Crippen MR) is 70.2 cm³/mol. The van der Waals surface area contributed by atoms with Crippen LogP contribution in [0.4, 0.5) is 0 Å². The average molecular weight is 279 g/mol. The summed E-state index contributed by atoms with van der Waals surface area (Å²) >= 11 is 5.91. The molecule has 0 aliphatic rings. The topological polar surface area (TPSA) is 61.3 Å². The van der Waals surface area contributed by atoms with Crippen LogP contribution >= 0.6 is 11.6 Å². The van der Waals surface area contributed by atoms with Gasteiger partial charge in [0.05, 0.1) is 17.7 Å². The summed E-state index contributed by atoms with van der Waals surface area (Å²) in [6, 6.07) is 6.68. The Kier molecular flexibility index (Phi) is 3.97. The average Bonchev–Trinajstić information content (AvgIpc) is 2.38. The maximum Gasteiger partial charge on any atom is 0.325 e. The highest BCUT2D eigenvalue weighted by Crippen LogP contribution is 2.28. The largest absolute Gasteiger partial charge is 0.481 e. The normalized spacial score (nSPS) is 10.1. The molecule has 0 amide bonds. The van der Waals surface area contributed by atoms with E-state index in [0.29, 0.717) is 28.6 Å². The van der Waals surface area contributed by atoms with Crippen molar-refractivity contribution in [2.24, 2.45) is 0 Å². The van der Waals surface area contributed by atoms with E-state index in [2.05, 4.69) is 9.97 Å². The van der Waals surface area contributed by atoms with E-state index in [9.17, 15) is 4.79 Å². The van der Waals surface area contributed by atoms with E-state index < -0.39 is 0 Å². The van der Waals surface area contributed by atoms with E-state index >= 15 is 0 Å². The molecule has 98 valence electrons. The molecule has 0 bridgehead atoms. The minimum absolute atomic E-state index is 0.0993. The minimum atomic E-state index is 0.0993. The molecule has 0 radical (unpaired) electrons. The van der Waals surface area contributed by atoms with Gasteiger partial charge in [-0.15, -0.1) is 0 Å². The fourth-order valence-electron chi connectivity index (χ4n) is 1.48. The van der Waals surface area contributed by atoms with Crippen molar-refractivity contribution >= 4 is 17.9 Å². The molecule has 1 heterocycles. The number of methoxy groups -OCH3 is 1. The van der Waals surface area contributed by atoms with Crippen LogP contribution in [-0.4, -0.2) is 23.4 Å². The quantitative estimate of drug-likeness (QED) is 0.805. The number of halogens is 1. The first kappa shape index (κ1) is 13.3. The Balaban J connectivity index is 2.38. The number of hydrogen-bond donors (Lipinski definition) is 0. The number of benzene rings is 1. The highest BCUT2D eigenvalue weighted by molar-refractivity contribution is 6.33. The number of aldehydes is 1. The fourth-order valence-corrected chi connectivity index (χ4v) is 1.69. The summed E-state index contributed by atoms with van der Waals surface area (Å²) in [5.74, 6) is 0.687. The van der Waals surface area contributed by atoms with Gasteiger partial charge in [0.25, 0.3) is 0 Å². The van der Waals surface area contributed by atoms with Crippen LogP contribution in [0.5, 0.6) is 17.6 Å². The maximum atomic E-state index is 11.0. The Morgan fingerprint density at radius 1 is 1.32 bits per heavy atom. The molecule has 0 atom stereocenters. The van der Waals surface area contributed by atoms with Gasteiger partial charge in [-0.1, -0.05) is 17.7 Å². The SMILES string of the molecule is COc1cc(C)nc(Oc2cccc(Cl)c2C=O)n1. The number of rotatable bonds is 4. The van der Waals surface area contributed by atoms with Crippen LogP contribution in [0, 0.1) is 6.92 Å². The highest BCUT2D eigenvalue weighted by atomic mass is 35.5.